The van der Waals surface area contributed by atoms with E-state index >= 15 is 0 Å². The van der Waals surface area contributed by atoms with Crippen molar-refractivity contribution in [1.82, 2.24) is 4.90 Å². The Balaban J connectivity index is 2.48. The minimum atomic E-state index is -0.176. The number of ether oxygens (including phenoxy) is 1. The second-order valence-corrected chi connectivity index (χ2v) is 5.16. The zero-order valence-corrected chi connectivity index (χ0v) is 12.6. The minimum Gasteiger partial charge on any atom is -0.465 e. The number of likely N-dealkylation sites (N-methyl/N-ethyl adjacent to an activating group) is 1. The molecule has 106 valence electrons. The third kappa shape index (κ3) is 5.62. The molecule has 0 N–H and O–H groups in total. The lowest BCUT2D eigenvalue weighted by Crippen LogP contribution is -2.30. The number of halogens is 1. The smallest absolute Gasteiger partial charge is 0.320 e. The van der Waals surface area contributed by atoms with E-state index in [4.69, 9.17) is 16.3 Å². The highest BCUT2D eigenvalue weighted by Crippen LogP contribution is 2.21. The Morgan fingerprint density at radius 1 is 1.47 bits per heavy atom. The third-order valence-electron chi connectivity index (χ3n) is 3.13. The summed E-state index contributed by atoms with van der Waals surface area (Å²) < 4.78 is 5.16. The molecular weight excluding hydrogens is 262 g/mol. The average Bonchev–Trinajstić information content (AvgIpc) is 2.38. The highest BCUT2D eigenvalue weighted by atomic mass is 35.5. The number of carbonyl (C=O) groups is 1. The number of hydrogen-bond acceptors (Lipinski definition) is 3. The highest BCUT2D eigenvalue weighted by molar-refractivity contribution is 6.30. The van der Waals surface area contributed by atoms with Crippen LogP contribution in [0.3, 0.4) is 0 Å². The van der Waals surface area contributed by atoms with Gasteiger partial charge in [0.25, 0.3) is 0 Å². The van der Waals surface area contributed by atoms with Gasteiger partial charge in [-0.3, -0.25) is 9.69 Å². The van der Waals surface area contributed by atoms with Crippen molar-refractivity contribution in [2.24, 2.45) is 0 Å². The highest BCUT2D eigenvalue weighted by Gasteiger charge is 2.15. The summed E-state index contributed by atoms with van der Waals surface area (Å²) in [6.07, 6.45) is 1.95. The molecule has 0 aliphatic carbocycles. The molecule has 1 aromatic carbocycles. The van der Waals surface area contributed by atoms with Crippen LogP contribution >= 0.6 is 11.6 Å². The summed E-state index contributed by atoms with van der Waals surface area (Å²) in [6.45, 7) is 4.91. The van der Waals surface area contributed by atoms with Crippen LogP contribution in [0.2, 0.25) is 5.02 Å². The van der Waals surface area contributed by atoms with E-state index < -0.39 is 0 Å². The number of benzene rings is 1. The lowest BCUT2D eigenvalue weighted by atomic mass is 10.1. The molecule has 0 aliphatic heterocycles. The molecular formula is C15H22ClNO2. The Kier molecular flexibility index (Phi) is 6.89. The van der Waals surface area contributed by atoms with Gasteiger partial charge in [-0.15, -0.1) is 0 Å². The predicted molar refractivity (Wildman–Crippen MR) is 78.4 cm³/mol. The summed E-state index contributed by atoms with van der Waals surface area (Å²) in [5.41, 5.74) is 1.09. The fourth-order valence-corrected chi connectivity index (χ4v) is 1.94. The Morgan fingerprint density at radius 3 is 2.84 bits per heavy atom. The molecule has 0 heterocycles. The molecule has 0 saturated heterocycles. The van der Waals surface area contributed by atoms with E-state index in [2.05, 4.69) is 6.92 Å². The van der Waals surface area contributed by atoms with Crippen molar-refractivity contribution in [3.63, 3.8) is 0 Å². The first-order chi connectivity index (χ1) is 9.04. The van der Waals surface area contributed by atoms with Crippen molar-refractivity contribution < 1.29 is 9.53 Å². The van der Waals surface area contributed by atoms with Crippen LogP contribution in [0.1, 0.15) is 38.3 Å². The first kappa shape index (κ1) is 16.0. The normalized spacial score (nSPS) is 12.5. The van der Waals surface area contributed by atoms with Gasteiger partial charge in [0.1, 0.15) is 0 Å². The van der Waals surface area contributed by atoms with Crippen LogP contribution in [0.5, 0.6) is 0 Å². The maximum Gasteiger partial charge on any atom is 0.320 e. The van der Waals surface area contributed by atoms with Gasteiger partial charge in [-0.2, -0.15) is 0 Å². The van der Waals surface area contributed by atoms with Gasteiger partial charge in [-0.1, -0.05) is 37.1 Å². The van der Waals surface area contributed by atoms with Crippen LogP contribution in [0.25, 0.3) is 0 Å². The van der Waals surface area contributed by atoms with E-state index in [-0.39, 0.29) is 18.6 Å². The summed E-state index contributed by atoms with van der Waals surface area (Å²) in [7, 11) is 1.91. The van der Waals surface area contributed by atoms with E-state index in [0.717, 1.165) is 18.4 Å². The Hall–Kier alpha value is -1.06. The Labute approximate surface area is 120 Å². The summed E-state index contributed by atoms with van der Waals surface area (Å²) >= 11 is 5.97. The lowest BCUT2D eigenvalue weighted by molar-refractivity contribution is -0.145. The summed E-state index contributed by atoms with van der Waals surface area (Å²) in [6, 6.07) is 7.82. The summed E-state index contributed by atoms with van der Waals surface area (Å²) in [4.78, 5) is 13.6. The van der Waals surface area contributed by atoms with Crippen molar-refractivity contribution >= 4 is 17.6 Å². The van der Waals surface area contributed by atoms with Crippen molar-refractivity contribution in [3.8, 4) is 0 Å². The molecule has 1 atom stereocenters. The van der Waals surface area contributed by atoms with Crippen LogP contribution in [0.4, 0.5) is 0 Å². The first-order valence-corrected chi connectivity index (χ1v) is 7.03. The molecule has 1 aromatic rings. The van der Waals surface area contributed by atoms with E-state index in [1.807, 2.05) is 43.1 Å². The van der Waals surface area contributed by atoms with Crippen molar-refractivity contribution in [1.29, 1.82) is 0 Å². The zero-order valence-electron chi connectivity index (χ0n) is 11.9. The largest absolute Gasteiger partial charge is 0.465 e. The molecule has 0 fully saturated rings. The number of esters is 1. The molecule has 19 heavy (non-hydrogen) atoms. The third-order valence-corrected chi connectivity index (χ3v) is 3.37. The minimum absolute atomic E-state index is 0.123. The van der Waals surface area contributed by atoms with Crippen molar-refractivity contribution in [2.75, 3.05) is 20.2 Å². The monoisotopic (exact) mass is 283 g/mol. The molecule has 0 spiro atoms. The van der Waals surface area contributed by atoms with E-state index in [1.54, 1.807) is 0 Å². The second-order valence-electron chi connectivity index (χ2n) is 4.72. The van der Waals surface area contributed by atoms with Gasteiger partial charge in [0.15, 0.2) is 0 Å². The molecule has 0 bridgehead atoms. The predicted octanol–water partition coefficient (Wildman–Crippen LogP) is 3.68. The molecule has 1 unspecified atom stereocenters. The van der Waals surface area contributed by atoms with Crippen molar-refractivity contribution in [3.05, 3.63) is 34.9 Å². The SMILES string of the molecule is CCCCOC(=O)CN(C)C(C)c1cccc(Cl)c1. The molecule has 0 aromatic heterocycles. The number of carbonyl (C=O) groups excluding carboxylic acids is 1. The summed E-state index contributed by atoms with van der Waals surface area (Å²) in [5.74, 6) is -0.176. The van der Waals surface area contributed by atoms with Crippen LogP contribution in [-0.4, -0.2) is 31.1 Å². The van der Waals surface area contributed by atoms with Gasteiger partial charge >= 0.3 is 5.97 Å². The molecule has 0 saturated carbocycles. The zero-order chi connectivity index (χ0) is 14.3. The van der Waals surface area contributed by atoms with Gasteiger partial charge in [-0.05, 0) is 38.1 Å². The fraction of sp³-hybridized carbons (Fsp3) is 0.533. The van der Waals surface area contributed by atoms with Crippen LogP contribution in [-0.2, 0) is 9.53 Å². The van der Waals surface area contributed by atoms with Gasteiger partial charge in [0.2, 0.25) is 0 Å². The number of unbranched alkanes of at least 4 members (excludes halogenated alkanes) is 1. The molecule has 0 aliphatic rings. The van der Waals surface area contributed by atoms with Crippen LogP contribution in [0, 0.1) is 0 Å². The molecule has 0 amide bonds. The first-order valence-electron chi connectivity index (χ1n) is 6.66. The Bertz CT molecular complexity index is 409. The fourth-order valence-electron chi connectivity index (χ4n) is 1.74. The molecule has 1 rings (SSSR count). The van der Waals surface area contributed by atoms with Gasteiger partial charge in [-0.25, -0.2) is 0 Å². The standard InChI is InChI=1S/C15H22ClNO2/c1-4-5-9-19-15(18)11-17(3)12(2)13-7-6-8-14(16)10-13/h6-8,10,12H,4-5,9,11H2,1-3H3. The quantitative estimate of drug-likeness (QED) is 0.565. The van der Waals surface area contributed by atoms with E-state index in [1.165, 1.54) is 0 Å². The molecule has 4 heteroatoms. The van der Waals surface area contributed by atoms with E-state index in [9.17, 15) is 4.79 Å². The van der Waals surface area contributed by atoms with Gasteiger partial charge < -0.3 is 4.74 Å². The molecule has 0 radical (unpaired) electrons. The molecule has 3 nitrogen and oxygen atoms in total. The van der Waals surface area contributed by atoms with Gasteiger partial charge in [0.05, 0.1) is 13.2 Å². The van der Waals surface area contributed by atoms with Gasteiger partial charge in [0, 0.05) is 11.1 Å². The Morgan fingerprint density at radius 2 is 2.21 bits per heavy atom. The number of rotatable bonds is 7. The summed E-state index contributed by atoms with van der Waals surface area (Å²) in [5, 5.41) is 0.711. The van der Waals surface area contributed by atoms with Crippen LogP contribution in [0.15, 0.2) is 24.3 Å². The van der Waals surface area contributed by atoms with Crippen LogP contribution < -0.4 is 0 Å². The lowest BCUT2D eigenvalue weighted by Gasteiger charge is -2.24. The average molecular weight is 284 g/mol. The maximum atomic E-state index is 11.6. The second kappa shape index (κ2) is 8.18. The number of hydrogen-bond donors (Lipinski definition) is 0. The van der Waals surface area contributed by atoms with Crippen molar-refractivity contribution in [2.45, 2.75) is 32.7 Å². The van der Waals surface area contributed by atoms with E-state index in [0.29, 0.717) is 11.6 Å². The maximum absolute atomic E-state index is 11.6. The topological polar surface area (TPSA) is 29.5 Å². The number of nitrogens with zero attached hydrogens (tertiary/aromatic N) is 1.